The van der Waals surface area contributed by atoms with Gasteiger partial charge in [0.15, 0.2) is 3.58 Å². The van der Waals surface area contributed by atoms with Crippen LogP contribution in [0.4, 0.5) is 0 Å². The third kappa shape index (κ3) is 1.62. The Labute approximate surface area is 63.8 Å². The zero-order chi connectivity index (χ0) is 5.98. The van der Waals surface area contributed by atoms with Crippen LogP contribution < -0.4 is 22.6 Å². The van der Waals surface area contributed by atoms with Crippen LogP contribution in [0.1, 0.15) is 13.3 Å². The highest BCUT2D eigenvalue weighted by Gasteiger charge is 2.04. The van der Waals surface area contributed by atoms with E-state index in [1.54, 1.807) is 0 Å². The van der Waals surface area contributed by atoms with Gasteiger partial charge < -0.3 is 0 Å². The topological polar surface area (TPSA) is 0 Å². The van der Waals surface area contributed by atoms with Crippen LogP contribution in [0.5, 0.6) is 0 Å². The molecule has 0 amide bonds. The van der Waals surface area contributed by atoms with E-state index in [9.17, 15) is 0 Å². The quantitative estimate of drug-likeness (QED) is 0.448. The van der Waals surface area contributed by atoms with E-state index in [4.69, 9.17) is 0 Å². The molecule has 1 unspecified atom stereocenters. The second-order valence-electron chi connectivity index (χ2n) is 2.18. The Bertz CT molecular complexity index is 133. The molecular formula is C7H10I+. The van der Waals surface area contributed by atoms with Crippen LogP contribution in [0.25, 0.3) is 0 Å². The van der Waals surface area contributed by atoms with Crippen LogP contribution in [0.3, 0.4) is 0 Å². The van der Waals surface area contributed by atoms with Gasteiger partial charge in [-0.15, -0.1) is 0 Å². The molecule has 1 atom stereocenters. The van der Waals surface area contributed by atoms with E-state index in [1.165, 1.54) is 10.0 Å². The molecule has 0 aromatic carbocycles. The maximum atomic E-state index is 2.29. The first-order valence-electron chi connectivity index (χ1n) is 2.84. The van der Waals surface area contributed by atoms with Crippen molar-refractivity contribution < 1.29 is 22.6 Å². The molecule has 0 saturated carbocycles. The molecule has 0 N–H and O–H groups in total. The van der Waals surface area contributed by atoms with Gasteiger partial charge in [-0.25, -0.2) is 0 Å². The summed E-state index contributed by atoms with van der Waals surface area (Å²) in [5, 5.41) is 0. The van der Waals surface area contributed by atoms with E-state index in [0.29, 0.717) is 0 Å². The molecule has 8 heavy (non-hydrogen) atoms. The molecule has 0 radical (unpaired) electrons. The smallest absolute Gasteiger partial charge is 0.0769 e. The van der Waals surface area contributed by atoms with Crippen molar-refractivity contribution in [1.29, 1.82) is 0 Å². The highest BCUT2D eigenvalue weighted by Crippen LogP contribution is 2.09. The van der Waals surface area contributed by atoms with Crippen molar-refractivity contribution in [3.05, 3.63) is 21.8 Å². The van der Waals surface area contributed by atoms with Crippen molar-refractivity contribution in [1.82, 2.24) is 0 Å². The van der Waals surface area contributed by atoms with Gasteiger partial charge in [0, 0.05) is 0 Å². The molecule has 1 heteroatoms. The Morgan fingerprint density at radius 1 is 1.75 bits per heavy atom. The molecule has 0 spiro atoms. The fourth-order valence-corrected chi connectivity index (χ4v) is 1.21. The van der Waals surface area contributed by atoms with E-state index in [0.717, 1.165) is 5.92 Å². The summed E-state index contributed by atoms with van der Waals surface area (Å²) in [5.41, 5.74) is 0. The monoisotopic (exact) mass is 221 g/mol. The summed E-state index contributed by atoms with van der Waals surface area (Å²) in [6, 6.07) is 0. The first-order valence-corrected chi connectivity index (χ1v) is 4.01. The lowest BCUT2D eigenvalue weighted by Crippen LogP contribution is -3.33. The Balaban J connectivity index is 2.58. The molecule has 0 aromatic heterocycles. The average molecular weight is 221 g/mol. The molecule has 0 fully saturated rings. The molecule has 0 aliphatic heterocycles. The standard InChI is InChI=1S/C7H10I/c1-6-2-4-7(8)5-3-6/h2,4-6,8H,3H2,1H3/q+1. The number of hydrogen-bond donors (Lipinski definition) is 0. The van der Waals surface area contributed by atoms with Crippen molar-refractivity contribution in [3.63, 3.8) is 0 Å². The van der Waals surface area contributed by atoms with Crippen molar-refractivity contribution >= 4 is 0 Å². The molecule has 44 valence electrons. The van der Waals surface area contributed by atoms with Crippen molar-refractivity contribution in [2.75, 3.05) is 0 Å². The predicted octanol–water partition coefficient (Wildman–Crippen LogP) is -1.25. The number of halogens is 1. The van der Waals surface area contributed by atoms with Crippen LogP contribution in [-0.2, 0) is 0 Å². The van der Waals surface area contributed by atoms with Gasteiger partial charge in [-0.2, -0.15) is 0 Å². The first-order chi connectivity index (χ1) is 3.79. The van der Waals surface area contributed by atoms with Crippen LogP contribution in [0.15, 0.2) is 21.8 Å². The second kappa shape index (κ2) is 2.67. The van der Waals surface area contributed by atoms with Gasteiger partial charge in [0.2, 0.25) is 0 Å². The van der Waals surface area contributed by atoms with E-state index < -0.39 is 0 Å². The van der Waals surface area contributed by atoms with Gasteiger partial charge in [0.25, 0.3) is 22.6 Å². The summed E-state index contributed by atoms with van der Waals surface area (Å²) in [7, 11) is 0. The molecule has 0 heterocycles. The molecule has 0 saturated heterocycles. The van der Waals surface area contributed by atoms with Gasteiger partial charge in [-0.3, -0.25) is 0 Å². The molecule has 1 aliphatic carbocycles. The van der Waals surface area contributed by atoms with Crippen LogP contribution in [0, 0.1) is 5.92 Å². The Kier molecular flexibility index (Phi) is 2.11. The third-order valence-electron chi connectivity index (χ3n) is 1.28. The van der Waals surface area contributed by atoms with Crippen molar-refractivity contribution in [2.24, 2.45) is 5.92 Å². The zero-order valence-corrected chi connectivity index (χ0v) is 7.26. The van der Waals surface area contributed by atoms with Gasteiger partial charge in [-0.1, -0.05) is 13.0 Å². The van der Waals surface area contributed by atoms with E-state index >= 15 is 0 Å². The van der Waals surface area contributed by atoms with Gasteiger partial charge in [-0.05, 0) is 24.5 Å². The summed E-state index contributed by atoms with van der Waals surface area (Å²) >= 11 is 2.07. The molecule has 1 rings (SSSR count). The number of hydrogen-bond acceptors (Lipinski definition) is 0. The Hall–Kier alpha value is 0.210. The second-order valence-corrected chi connectivity index (χ2v) is 3.52. The lowest BCUT2D eigenvalue weighted by molar-refractivity contribution is -0.295. The lowest BCUT2D eigenvalue weighted by Gasteiger charge is -2.02. The molecular weight excluding hydrogens is 211 g/mol. The number of allylic oxidation sites excluding steroid dienone is 4. The first kappa shape index (κ1) is 6.33. The van der Waals surface area contributed by atoms with E-state index in [2.05, 4.69) is 47.7 Å². The summed E-state index contributed by atoms with van der Waals surface area (Å²) in [6.45, 7) is 2.24. The highest BCUT2D eigenvalue weighted by molar-refractivity contribution is 5.14. The fourth-order valence-electron chi connectivity index (χ4n) is 0.708. The summed E-state index contributed by atoms with van der Waals surface area (Å²) in [6.07, 6.45) is 7.97. The lowest BCUT2D eigenvalue weighted by atomic mass is 10.0. The maximum Gasteiger partial charge on any atom is 0.296 e. The third-order valence-corrected chi connectivity index (χ3v) is 2.14. The van der Waals surface area contributed by atoms with Gasteiger partial charge >= 0.3 is 0 Å². The van der Waals surface area contributed by atoms with Crippen molar-refractivity contribution in [3.8, 4) is 0 Å². The minimum atomic E-state index is 0.764. The van der Waals surface area contributed by atoms with Gasteiger partial charge in [0.1, 0.15) is 0 Å². The predicted molar refractivity (Wildman–Crippen MR) is 32.4 cm³/mol. The summed E-state index contributed by atoms with van der Waals surface area (Å²) in [5.74, 6) is 0.764. The fraction of sp³-hybridized carbons (Fsp3) is 0.429. The minimum Gasteiger partial charge on any atom is -0.0769 e. The van der Waals surface area contributed by atoms with E-state index in [1.807, 2.05) is 0 Å². The minimum absolute atomic E-state index is 0.764. The number of rotatable bonds is 0. The van der Waals surface area contributed by atoms with E-state index in [-0.39, 0.29) is 0 Å². The average Bonchev–Trinajstić information content (AvgIpc) is 1.77. The summed E-state index contributed by atoms with van der Waals surface area (Å²) in [4.78, 5) is 0. The molecule has 1 aliphatic rings. The Morgan fingerprint density at radius 2 is 2.50 bits per heavy atom. The SMILES string of the molecule is CC1C=CC([IH+])=CC1. The van der Waals surface area contributed by atoms with Crippen LogP contribution in [-0.4, -0.2) is 0 Å². The van der Waals surface area contributed by atoms with Gasteiger partial charge in [0.05, 0.1) is 0 Å². The normalized spacial score (nSPS) is 27.8. The van der Waals surface area contributed by atoms with Crippen LogP contribution in [0.2, 0.25) is 0 Å². The molecule has 0 bridgehead atoms. The largest absolute Gasteiger partial charge is 0.296 e. The molecule has 0 aromatic rings. The maximum absolute atomic E-state index is 2.29. The summed E-state index contributed by atoms with van der Waals surface area (Å²) < 4.78 is 1.42. The zero-order valence-electron chi connectivity index (χ0n) is 4.92. The Morgan fingerprint density at radius 3 is 2.88 bits per heavy atom. The molecule has 0 nitrogen and oxygen atoms in total. The van der Waals surface area contributed by atoms with Crippen molar-refractivity contribution in [2.45, 2.75) is 13.3 Å². The van der Waals surface area contributed by atoms with Crippen LogP contribution >= 0.6 is 0 Å². The highest BCUT2D eigenvalue weighted by atomic mass is 127.